The van der Waals surface area contributed by atoms with E-state index in [2.05, 4.69) is 13.0 Å². The molecule has 0 spiro atoms. The predicted molar refractivity (Wildman–Crippen MR) is 46.1 cm³/mol. The van der Waals surface area contributed by atoms with E-state index in [0.717, 1.165) is 6.42 Å². The van der Waals surface area contributed by atoms with Crippen LogP contribution in [0.5, 0.6) is 0 Å². The highest BCUT2D eigenvalue weighted by atomic mass is 19.1. The van der Waals surface area contributed by atoms with Gasteiger partial charge in [-0.05, 0) is 18.3 Å². The van der Waals surface area contributed by atoms with E-state index in [1.807, 2.05) is 19.9 Å². The lowest BCUT2D eigenvalue weighted by Gasteiger charge is -2.30. The molecule has 0 nitrogen and oxygen atoms in total. The Morgan fingerprint density at radius 1 is 1.27 bits per heavy atom. The fraction of sp³-hybridized carbons (Fsp3) is 0.800. The molecule has 0 saturated heterocycles. The van der Waals surface area contributed by atoms with Gasteiger partial charge in [0.1, 0.15) is 6.17 Å². The Morgan fingerprint density at radius 2 is 1.91 bits per heavy atom. The second-order valence-electron chi connectivity index (χ2n) is 3.62. The Labute approximate surface area is 68.5 Å². The van der Waals surface area contributed by atoms with Crippen molar-refractivity contribution in [3.63, 3.8) is 0 Å². The molecular formula is C10H17F. The van der Waals surface area contributed by atoms with Crippen LogP contribution in [0.25, 0.3) is 0 Å². The molecule has 0 bridgehead atoms. The lowest BCUT2D eigenvalue weighted by Crippen LogP contribution is -2.29. The predicted octanol–water partition coefficient (Wildman–Crippen LogP) is 3.19. The Kier molecular flexibility index (Phi) is 2.69. The van der Waals surface area contributed by atoms with Crippen molar-refractivity contribution in [2.45, 2.75) is 33.4 Å². The first kappa shape index (κ1) is 8.76. The van der Waals surface area contributed by atoms with Crippen LogP contribution < -0.4 is 0 Å². The molecule has 0 radical (unpaired) electrons. The topological polar surface area (TPSA) is 0 Å². The number of halogens is 1. The van der Waals surface area contributed by atoms with Crippen LogP contribution >= 0.6 is 0 Å². The maximum absolute atomic E-state index is 13.4. The van der Waals surface area contributed by atoms with Gasteiger partial charge in [0, 0.05) is 5.92 Å². The van der Waals surface area contributed by atoms with Gasteiger partial charge in [-0.2, -0.15) is 0 Å². The smallest absolute Gasteiger partial charge is 0.109 e. The molecule has 0 fully saturated rings. The standard InChI is InChI=1S/C10H17F/c1-4-9-6-5-7(2)10(11)8(9)3/h5-10H,4H2,1-3H3/t7-,8-,9+,10+/m1/s1. The quantitative estimate of drug-likeness (QED) is 0.511. The van der Waals surface area contributed by atoms with Crippen molar-refractivity contribution in [2.75, 3.05) is 0 Å². The monoisotopic (exact) mass is 156 g/mol. The van der Waals surface area contributed by atoms with E-state index in [9.17, 15) is 4.39 Å². The Bertz CT molecular complexity index is 151. The summed E-state index contributed by atoms with van der Waals surface area (Å²) in [5.41, 5.74) is 0. The highest BCUT2D eigenvalue weighted by molar-refractivity contribution is 5.03. The molecule has 1 rings (SSSR count). The molecule has 1 aliphatic carbocycles. The van der Waals surface area contributed by atoms with Crippen LogP contribution in [-0.2, 0) is 0 Å². The molecule has 1 heteroatoms. The molecule has 0 N–H and O–H groups in total. The SMILES string of the molecule is CC[C@H]1C=C[C@@H](C)[C@H](F)[C@@H]1C. The van der Waals surface area contributed by atoms with Crippen LogP contribution in [0.15, 0.2) is 12.2 Å². The zero-order chi connectivity index (χ0) is 8.43. The molecular weight excluding hydrogens is 139 g/mol. The molecule has 0 unspecified atom stereocenters. The lowest BCUT2D eigenvalue weighted by molar-refractivity contribution is 0.147. The minimum atomic E-state index is -0.634. The number of hydrogen-bond donors (Lipinski definition) is 0. The largest absolute Gasteiger partial charge is 0.247 e. The number of allylic oxidation sites excluding steroid dienone is 2. The summed E-state index contributed by atoms with van der Waals surface area (Å²) in [5, 5.41) is 0. The normalized spacial score (nSPS) is 44.4. The van der Waals surface area contributed by atoms with E-state index in [1.165, 1.54) is 0 Å². The van der Waals surface area contributed by atoms with Crippen molar-refractivity contribution in [3.8, 4) is 0 Å². The summed E-state index contributed by atoms with van der Waals surface area (Å²) in [6, 6.07) is 0. The second kappa shape index (κ2) is 3.38. The third-order valence-corrected chi connectivity index (χ3v) is 2.81. The van der Waals surface area contributed by atoms with Crippen LogP contribution in [-0.4, -0.2) is 6.17 Å². The third-order valence-electron chi connectivity index (χ3n) is 2.81. The zero-order valence-electron chi connectivity index (χ0n) is 7.55. The van der Waals surface area contributed by atoms with E-state index in [0.29, 0.717) is 5.92 Å². The van der Waals surface area contributed by atoms with E-state index < -0.39 is 6.17 Å². The van der Waals surface area contributed by atoms with Gasteiger partial charge in [0.2, 0.25) is 0 Å². The highest BCUT2D eigenvalue weighted by Crippen LogP contribution is 2.32. The lowest BCUT2D eigenvalue weighted by atomic mass is 9.78. The van der Waals surface area contributed by atoms with Gasteiger partial charge in [-0.25, -0.2) is 4.39 Å². The Hall–Kier alpha value is -0.330. The molecule has 0 heterocycles. The van der Waals surface area contributed by atoms with Gasteiger partial charge in [0.05, 0.1) is 0 Å². The molecule has 64 valence electrons. The summed E-state index contributed by atoms with van der Waals surface area (Å²) in [7, 11) is 0. The van der Waals surface area contributed by atoms with Crippen molar-refractivity contribution >= 4 is 0 Å². The number of hydrogen-bond acceptors (Lipinski definition) is 0. The molecule has 0 amide bonds. The molecule has 0 aliphatic heterocycles. The van der Waals surface area contributed by atoms with Crippen molar-refractivity contribution in [1.82, 2.24) is 0 Å². The average Bonchev–Trinajstić information content (AvgIpc) is 2.01. The molecule has 11 heavy (non-hydrogen) atoms. The van der Waals surface area contributed by atoms with E-state index in [1.54, 1.807) is 0 Å². The first-order valence-electron chi connectivity index (χ1n) is 4.49. The molecule has 0 aromatic carbocycles. The van der Waals surface area contributed by atoms with E-state index in [4.69, 9.17) is 0 Å². The molecule has 0 aromatic rings. The van der Waals surface area contributed by atoms with E-state index >= 15 is 0 Å². The summed E-state index contributed by atoms with van der Waals surface area (Å²) in [6.45, 7) is 6.08. The van der Waals surface area contributed by atoms with Gasteiger partial charge in [-0.3, -0.25) is 0 Å². The summed E-state index contributed by atoms with van der Waals surface area (Å²) >= 11 is 0. The first-order valence-corrected chi connectivity index (χ1v) is 4.49. The van der Waals surface area contributed by atoms with Gasteiger partial charge < -0.3 is 0 Å². The second-order valence-corrected chi connectivity index (χ2v) is 3.62. The summed E-state index contributed by atoms with van der Waals surface area (Å²) in [6.07, 6.45) is 4.61. The molecule has 0 aromatic heterocycles. The van der Waals surface area contributed by atoms with Crippen molar-refractivity contribution < 1.29 is 4.39 Å². The molecule has 1 aliphatic rings. The van der Waals surface area contributed by atoms with Crippen LogP contribution in [0, 0.1) is 17.8 Å². The summed E-state index contributed by atoms with van der Waals surface area (Å²) < 4.78 is 13.4. The van der Waals surface area contributed by atoms with Crippen LogP contribution in [0.2, 0.25) is 0 Å². The van der Waals surface area contributed by atoms with Gasteiger partial charge in [0.25, 0.3) is 0 Å². The van der Waals surface area contributed by atoms with Crippen LogP contribution in [0.1, 0.15) is 27.2 Å². The van der Waals surface area contributed by atoms with E-state index in [-0.39, 0.29) is 11.8 Å². The minimum absolute atomic E-state index is 0.118. The van der Waals surface area contributed by atoms with Gasteiger partial charge >= 0.3 is 0 Å². The highest BCUT2D eigenvalue weighted by Gasteiger charge is 2.29. The fourth-order valence-corrected chi connectivity index (χ4v) is 1.82. The van der Waals surface area contributed by atoms with Gasteiger partial charge in [-0.15, -0.1) is 0 Å². The summed E-state index contributed by atoms with van der Waals surface area (Å²) in [5.74, 6) is 0.786. The summed E-state index contributed by atoms with van der Waals surface area (Å²) in [4.78, 5) is 0. The van der Waals surface area contributed by atoms with Gasteiger partial charge in [0.15, 0.2) is 0 Å². The third kappa shape index (κ3) is 1.63. The maximum atomic E-state index is 13.4. The number of rotatable bonds is 1. The average molecular weight is 156 g/mol. The van der Waals surface area contributed by atoms with Crippen molar-refractivity contribution in [1.29, 1.82) is 0 Å². The zero-order valence-corrected chi connectivity index (χ0v) is 7.55. The minimum Gasteiger partial charge on any atom is -0.247 e. The molecule has 0 saturated carbocycles. The van der Waals surface area contributed by atoms with Gasteiger partial charge in [-0.1, -0.05) is 32.9 Å². The number of alkyl halides is 1. The fourth-order valence-electron chi connectivity index (χ4n) is 1.82. The molecule has 4 atom stereocenters. The maximum Gasteiger partial charge on any atom is 0.109 e. The first-order chi connectivity index (χ1) is 5.16. The Morgan fingerprint density at radius 3 is 2.45 bits per heavy atom. The van der Waals surface area contributed by atoms with Crippen LogP contribution in [0.3, 0.4) is 0 Å². The van der Waals surface area contributed by atoms with Crippen molar-refractivity contribution in [3.05, 3.63) is 12.2 Å². The van der Waals surface area contributed by atoms with Crippen molar-refractivity contribution in [2.24, 2.45) is 17.8 Å². The Balaban J connectivity index is 2.68. The van der Waals surface area contributed by atoms with Crippen LogP contribution in [0.4, 0.5) is 4.39 Å².